The van der Waals surface area contributed by atoms with Gasteiger partial charge in [0.05, 0.1) is 22.0 Å². The van der Waals surface area contributed by atoms with Crippen LogP contribution in [0.2, 0.25) is 0 Å². The lowest BCUT2D eigenvalue weighted by atomic mass is 9.82. The first-order valence-electron chi connectivity index (χ1n) is 12.2. The number of nitrogens with two attached hydrogens (primary N) is 1. The summed E-state index contributed by atoms with van der Waals surface area (Å²) in [5.41, 5.74) is 9.53. The fraction of sp³-hybridized carbons (Fsp3) is 0.296. The summed E-state index contributed by atoms with van der Waals surface area (Å²) in [6.45, 7) is 9.52. The first-order chi connectivity index (χ1) is 18.3. The number of benzene rings is 2. The highest BCUT2D eigenvalue weighted by Gasteiger charge is 2.23. The molecule has 2 aromatic heterocycles. The number of hydrogen-bond acceptors (Lipinski definition) is 9. The molecule has 4 N–H and O–H groups in total. The summed E-state index contributed by atoms with van der Waals surface area (Å²) < 4.78 is 30.8. The minimum Gasteiger partial charge on any atom is -0.465 e. The molecular weight excluding hydrogens is 520 g/mol. The highest BCUT2D eigenvalue weighted by molar-refractivity contribution is 7.92. The molecule has 0 aliphatic rings. The van der Waals surface area contributed by atoms with Crippen LogP contribution < -0.4 is 11.1 Å². The van der Waals surface area contributed by atoms with Gasteiger partial charge in [-0.1, -0.05) is 39.0 Å². The Balaban J connectivity index is 1.67. The zero-order valence-corrected chi connectivity index (χ0v) is 23.1. The van der Waals surface area contributed by atoms with Gasteiger partial charge in [-0.3, -0.25) is 0 Å². The van der Waals surface area contributed by atoms with E-state index >= 15 is 0 Å². The molecule has 2 heterocycles. The number of nitrogen functional groups attached to an aromatic ring is 1. The SMILES string of the molecule is CC(C)S(=O)(=O)c1ccc(-c2cnc(N)c(-c3nnc(-c4ccc(CNC(=O)O)c(C(C)(C)C)c4)o3)n2)cc1. The predicted molar refractivity (Wildman–Crippen MR) is 146 cm³/mol. The maximum absolute atomic E-state index is 12.4. The van der Waals surface area contributed by atoms with E-state index in [1.54, 1.807) is 32.0 Å². The molecule has 11 nitrogen and oxygen atoms in total. The number of nitrogens with zero attached hydrogens (tertiary/aromatic N) is 4. The molecule has 0 aliphatic carbocycles. The Hall–Kier alpha value is -4.32. The number of nitrogens with one attached hydrogen (secondary N) is 1. The predicted octanol–water partition coefficient (Wildman–Crippen LogP) is 4.69. The largest absolute Gasteiger partial charge is 0.465 e. The third-order valence-corrected chi connectivity index (χ3v) is 8.29. The standard InChI is InChI=1S/C27H30N6O5S/c1-15(2)39(36,37)19-10-8-16(9-11-19)21-14-29-23(28)22(31-21)25-33-32-24(38-25)17-6-7-18(13-30-26(34)35)20(12-17)27(3,4)5/h6-12,14-15,30H,13H2,1-5H3,(H2,28,29)(H,34,35). The minimum atomic E-state index is -3.40. The topological polar surface area (TPSA) is 174 Å². The van der Waals surface area contributed by atoms with E-state index < -0.39 is 21.2 Å². The van der Waals surface area contributed by atoms with Crippen molar-refractivity contribution in [3.05, 3.63) is 59.8 Å². The molecule has 0 fully saturated rings. The number of anilines is 1. The van der Waals surface area contributed by atoms with Gasteiger partial charge >= 0.3 is 6.09 Å². The summed E-state index contributed by atoms with van der Waals surface area (Å²) in [5.74, 6) is 0.409. The molecule has 0 aliphatic heterocycles. The lowest BCUT2D eigenvalue weighted by molar-refractivity contribution is 0.194. The number of carboxylic acid groups (broad SMARTS) is 1. The van der Waals surface area contributed by atoms with Crippen molar-refractivity contribution in [1.29, 1.82) is 0 Å². The maximum atomic E-state index is 12.4. The third kappa shape index (κ3) is 5.90. The van der Waals surface area contributed by atoms with Crippen LogP contribution in [0.5, 0.6) is 0 Å². The second-order valence-electron chi connectivity index (χ2n) is 10.3. The van der Waals surface area contributed by atoms with Crippen LogP contribution in [0.4, 0.5) is 10.6 Å². The van der Waals surface area contributed by atoms with E-state index in [2.05, 4.69) is 25.5 Å². The second kappa shape index (κ2) is 10.4. The number of amides is 1. The van der Waals surface area contributed by atoms with Crippen LogP contribution in [0.15, 0.2) is 58.0 Å². The van der Waals surface area contributed by atoms with Crippen molar-refractivity contribution in [3.63, 3.8) is 0 Å². The Morgan fingerprint density at radius 1 is 1.05 bits per heavy atom. The molecule has 0 spiro atoms. The van der Waals surface area contributed by atoms with Crippen LogP contribution in [0.1, 0.15) is 45.7 Å². The first kappa shape index (κ1) is 27.7. The first-order valence-corrected chi connectivity index (χ1v) is 13.7. The molecule has 0 saturated carbocycles. The van der Waals surface area contributed by atoms with Crippen molar-refractivity contribution in [2.24, 2.45) is 0 Å². The van der Waals surface area contributed by atoms with Gasteiger partial charge in [0.1, 0.15) is 0 Å². The molecule has 1 amide bonds. The molecule has 12 heteroatoms. The molecule has 0 radical (unpaired) electrons. The van der Waals surface area contributed by atoms with E-state index in [1.807, 2.05) is 32.9 Å². The fourth-order valence-corrected chi connectivity index (χ4v) is 5.01. The Labute approximate surface area is 226 Å². The molecule has 0 unspecified atom stereocenters. The number of carbonyl (C=O) groups is 1. The van der Waals surface area contributed by atoms with Crippen molar-refractivity contribution in [2.75, 3.05) is 5.73 Å². The average molecular weight is 551 g/mol. The molecule has 39 heavy (non-hydrogen) atoms. The van der Waals surface area contributed by atoms with Crippen LogP contribution in [0.3, 0.4) is 0 Å². The Bertz CT molecular complexity index is 1620. The number of sulfone groups is 1. The van der Waals surface area contributed by atoms with Gasteiger partial charge in [-0.05, 0) is 54.7 Å². The molecule has 4 rings (SSSR count). The Morgan fingerprint density at radius 2 is 1.69 bits per heavy atom. The van der Waals surface area contributed by atoms with Crippen molar-refractivity contribution in [1.82, 2.24) is 25.5 Å². The van der Waals surface area contributed by atoms with Crippen LogP contribution in [0, 0.1) is 0 Å². The van der Waals surface area contributed by atoms with Gasteiger partial charge in [-0.25, -0.2) is 23.2 Å². The van der Waals surface area contributed by atoms with Crippen LogP contribution in [0.25, 0.3) is 34.3 Å². The maximum Gasteiger partial charge on any atom is 0.404 e. The van der Waals surface area contributed by atoms with E-state index in [0.29, 0.717) is 16.8 Å². The smallest absolute Gasteiger partial charge is 0.404 e. The monoisotopic (exact) mass is 550 g/mol. The molecular formula is C27H30N6O5S. The van der Waals surface area contributed by atoms with Crippen LogP contribution in [-0.2, 0) is 21.8 Å². The van der Waals surface area contributed by atoms with Crippen molar-refractivity contribution >= 4 is 21.7 Å². The van der Waals surface area contributed by atoms with E-state index in [0.717, 1.165) is 11.1 Å². The summed E-state index contributed by atoms with van der Waals surface area (Å²) in [4.78, 5) is 20.0. The summed E-state index contributed by atoms with van der Waals surface area (Å²) in [6.07, 6.45) is 0.389. The van der Waals surface area contributed by atoms with Crippen molar-refractivity contribution in [3.8, 4) is 34.3 Å². The van der Waals surface area contributed by atoms with Crippen molar-refractivity contribution < 1.29 is 22.7 Å². The Morgan fingerprint density at radius 3 is 2.31 bits per heavy atom. The highest BCUT2D eigenvalue weighted by Crippen LogP contribution is 2.32. The van der Waals surface area contributed by atoms with Gasteiger partial charge in [0, 0.05) is 17.7 Å². The minimum absolute atomic E-state index is 0.0739. The number of hydrogen-bond donors (Lipinski definition) is 3. The van der Waals surface area contributed by atoms with E-state index in [9.17, 15) is 13.2 Å². The lowest BCUT2D eigenvalue weighted by Crippen LogP contribution is -2.23. The van der Waals surface area contributed by atoms with E-state index in [4.69, 9.17) is 15.3 Å². The number of rotatable bonds is 7. The zero-order chi connectivity index (χ0) is 28.5. The fourth-order valence-electron chi connectivity index (χ4n) is 3.95. The van der Waals surface area contributed by atoms with Crippen LogP contribution >= 0.6 is 0 Å². The molecule has 204 valence electrons. The van der Waals surface area contributed by atoms with Gasteiger partial charge in [0.25, 0.3) is 5.89 Å². The molecule has 0 bridgehead atoms. The molecule has 0 saturated heterocycles. The second-order valence-corrected chi connectivity index (χ2v) is 12.8. The van der Waals surface area contributed by atoms with E-state index in [-0.39, 0.29) is 40.1 Å². The van der Waals surface area contributed by atoms with Gasteiger partial charge in [-0.15, -0.1) is 10.2 Å². The van der Waals surface area contributed by atoms with Crippen LogP contribution in [-0.4, -0.2) is 45.0 Å². The summed E-state index contributed by atoms with van der Waals surface area (Å²) >= 11 is 0. The highest BCUT2D eigenvalue weighted by atomic mass is 32.2. The van der Waals surface area contributed by atoms with Gasteiger partial charge < -0.3 is 20.6 Å². The van der Waals surface area contributed by atoms with Gasteiger partial charge in [-0.2, -0.15) is 0 Å². The third-order valence-electron chi connectivity index (χ3n) is 6.12. The van der Waals surface area contributed by atoms with Gasteiger partial charge in [0.2, 0.25) is 5.89 Å². The normalized spacial score (nSPS) is 12.1. The zero-order valence-electron chi connectivity index (χ0n) is 22.3. The van der Waals surface area contributed by atoms with E-state index in [1.165, 1.54) is 18.3 Å². The average Bonchev–Trinajstić information content (AvgIpc) is 3.37. The van der Waals surface area contributed by atoms with Crippen molar-refractivity contribution in [2.45, 2.75) is 56.7 Å². The lowest BCUT2D eigenvalue weighted by Gasteiger charge is -2.23. The Kier molecular flexibility index (Phi) is 7.42. The summed E-state index contributed by atoms with van der Waals surface area (Å²) in [7, 11) is -3.40. The summed E-state index contributed by atoms with van der Waals surface area (Å²) in [5, 5.41) is 19.2. The molecule has 2 aromatic carbocycles. The quantitative estimate of drug-likeness (QED) is 0.293. The summed E-state index contributed by atoms with van der Waals surface area (Å²) in [6, 6.07) is 11.9. The van der Waals surface area contributed by atoms with Gasteiger partial charge in [0.15, 0.2) is 21.3 Å². The molecule has 0 atom stereocenters. The number of aromatic nitrogens is 4. The molecule has 4 aromatic rings.